The molecule has 0 N–H and O–H groups in total. The Hall–Kier alpha value is -3.55. The Morgan fingerprint density at radius 2 is 1.79 bits per heavy atom. The minimum atomic E-state index is -0.130. The molecule has 1 aromatic heterocycles. The highest BCUT2D eigenvalue weighted by Crippen LogP contribution is 2.33. The molecule has 0 bridgehead atoms. The molecule has 1 saturated heterocycles. The summed E-state index contributed by atoms with van der Waals surface area (Å²) in [5, 5.41) is 4.14. The Bertz CT molecular complexity index is 1100. The molecule has 2 aromatic carbocycles. The zero-order valence-electron chi connectivity index (χ0n) is 20.0. The first-order chi connectivity index (χ1) is 16.6. The molecule has 8 nitrogen and oxygen atoms in total. The summed E-state index contributed by atoms with van der Waals surface area (Å²) < 4.78 is 22.3. The normalized spacial score (nSPS) is 15.6. The van der Waals surface area contributed by atoms with Crippen molar-refractivity contribution < 1.29 is 23.5 Å². The van der Waals surface area contributed by atoms with Crippen molar-refractivity contribution in [2.75, 3.05) is 26.9 Å². The summed E-state index contributed by atoms with van der Waals surface area (Å²) in [5.41, 5.74) is 1.82. The molecule has 2 heterocycles. The molecule has 8 heteroatoms. The van der Waals surface area contributed by atoms with E-state index in [1.165, 1.54) is 0 Å². The second-order valence-electron chi connectivity index (χ2n) is 8.34. The van der Waals surface area contributed by atoms with Gasteiger partial charge in [0.2, 0.25) is 17.6 Å². The zero-order valence-corrected chi connectivity index (χ0v) is 20.0. The standard InChI is InChI=1S/C26H31N3O5/c1-4-12-32-21-9-6-18(7-10-21)16-29-17-20(15-24(29)30)26-27-25(28-34-26)19-8-11-22(33-13-5-2)23(14-19)31-3/h6-11,14,20H,4-5,12-13,15-17H2,1-3H3. The van der Waals surface area contributed by atoms with Gasteiger partial charge in [0, 0.05) is 25.1 Å². The van der Waals surface area contributed by atoms with E-state index in [1.54, 1.807) is 7.11 Å². The van der Waals surface area contributed by atoms with Gasteiger partial charge in [-0.1, -0.05) is 31.1 Å². The van der Waals surface area contributed by atoms with Crippen molar-refractivity contribution >= 4 is 5.91 Å². The lowest BCUT2D eigenvalue weighted by atomic mass is 10.1. The molecule has 4 rings (SSSR count). The fourth-order valence-corrected chi connectivity index (χ4v) is 3.88. The molecular weight excluding hydrogens is 434 g/mol. The largest absolute Gasteiger partial charge is 0.494 e. The monoisotopic (exact) mass is 465 g/mol. The first kappa shape index (κ1) is 23.6. The lowest BCUT2D eigenvalue weighted by molar-refractivity contribution is -0.128. The fourth-order valence-electron chi connectivity index (χ4n) is 3.88. The summed E-state index contributed by atoms with van der Waals surface area (Å²) >= 11 is 0. The van der Waals surface area contributed by atoms with Gasteiger partial charge in [-0.05, 0) is 48.7 Å². The van der Waals surface area contributed by atoms with Crippen molar-refractivity contribution in [3.63, 3.8) is 0 Å². The molecule has 1 aliphatic rings. The molecule has 0 aliphatic carbocycles. The van der Waals surface area contributed by atoms with Crippen molar-refractivity contribution in [2.45, 2.75) is 45.6 Å². The van der Waals surface area contributed by atoms with E-state index in [9.17, 15) is 4.79 Å². The molecule has 1 aliphatic heterocycles. The predicted octanol–water partition coefficient (Wildman–Crippen LogP) is 4.84. The Morgan fingerprint density at radius 1 is 1.03 bits per heavy atom. The van der Waals surface area contributed by atoms with Gasteiger partial charge >= 0.3 is 0 Å². The van der Waals surface area contributed by atoms with Crippen LogP contribution >= 0.6 is 0 Å². The van der Waals surface area contributed by atoms with Crippen LogP contribution in [0.1, 0.15) is 50.5 Å². The molecule has 3 aromatic rings. The lowest BCUT2D eigenvalue weighted by Crippen LogP contribution is -2.24. The smallest absolute Gasteiger partial charge is 0.232 e. The summed E-state index contributed by atoms with van der Waals surface area (Å²) in [7, 11) is 1.60. The molecule has 1 fully saturated rings. The van der Waals surface area contributed by atoms with Gasteiger partial charge in [-0.25, -0.2) is 0 Å². The number of likely N-dealkylation sites (tertiary alicyclic amines) is 1. The van der Waals surface area contributed by atoms with E-state index in [0.717, 1.165) is 29.7 Å². The third kappa shape index (κ3) is 5.50. The molecule has 1 amide bonds. The van der Waals surface area contributed by atoms with Crippen molar-refractivity contribution in [3.8, 4) is 28.6 Å². The molecule has 1 atom stereocenters. The maximum Gasteiger partial charge on any atom is 0.232 e. The van der Waals surface area contributed by atoms with E-state index in [2.05, 4.69) is 24.0 Å². The van der Waals surface area contributed by atoms with Gasteiger partial charge in [-0.2, -0.15) is 4.98 Å². The van der Waals surface area contributed by atoms with Gasteiger partial charge < -0.3 is 23.6 Å². The summed E-state index contributed by atoms with van der Waals surface area (Å²) in [6, 6.07) is 13.4. The first-order valence-corrected chi connectivity index (χ1v) is 11.8. The number of ether oxygens (including phenoxy) is 3. The van der Waals surface area contributed by atoms with Crippen LogP contribution in [0.5, 0.6) is 17.2 Å². The van der Waals surface area contributed by atoms with E-state index in [-0.39, 0.29) is 11.8 Å². The number of benzene rings is 2. The van der Waals surface area contributed by atoms with E-state index >= 15 is 0 Å². The maximum absolute atomic E-state index is 12.6. The summed E-state index contributed by atoms with van der Waals surface area (Å²) in [6.45, 7) is 6.52. The Kier molecular flexibility index (Phi) is 7.67. The third-order valence-corrected chi connectivity index (χ3v) is 5.66. The van der Waals surface area contributed by atoms with E-state index in [1.807, 2.05) is 47.4 Å². The first-order valence-electron chi connectivity index (χ1n) is 11.8. The molecule has 180 valence electrons. The van der Waals surface area contributed by atoms with Crippen LogP contribution in [0.2, 0.25) is 0 Å². The molecule has 1 unspecified atom stereocenters. The summed E-state index contributed by atoms with van der Waals surface area (Å²) in [6.07, 6.45) is 2.23. The van der Waals surface area contributed by atoms with Crippen molar-refractivity contribution in [2.24, 2.45) is 0 Å². The predicted molar refractivity (Wildman–Crippen MR) is 127 cm³/mol. The van der Waals surface area contributed by atoms with Crippen molar-refractivity contribution in [3.05, 3.63) is 53.9 Å². The van der Waals surface area contributed by atoms with Gasteiger partial charge in [-0.3, -0.25) is 4.79 Å². The van der Waals surface area contributed by atoms with Crippen LogP contribution in [0, 0.1) is 0 Å². The Labute approximate surface area is 199 Å². The quantitative estimate of drug-likeness (QED) is 0.400. The van der Waals surface area contributed by atoms with E-state index < -0.39 is 0 Å². The van der Waals surface area contributed by atoms with E-state index in [0.29, 0.717) is 55.9 Å². The number of nitrogens with zero attached hydrogens (tertiary/aromatic N) is 3. The van der Waals surface area contributed by atoms with E-state index in [4.69, 9.17) is 18.7 Å². The van der Waals surface area contributed by atoms with Crippen LogP contribution in [0.4, 0.5) is 0 Å². The highest BCUT2D eigenvalue weighted by Gasteiger charge is 2.34. The lowest BCUT2D eigenvalue weighted by Gasteiger charge is -2.16. The highest BCUT2D eigenvalue weighted by atomic mass is 16.5. The number of hydrogen-bond acceptors (Lipinski definition) is 7. The van der Waals surface area contributed by atoms with Crippen LogP contribution in [-0.4, -0.2) is 47.8 Å². The van der Waals surface area contributed by atoms with Gasteiger partial charge in [0.15, 0.2) is 11.5 Å². The highest BCUT2D eigenvalue weighted by molar-refractivity contribution is 5.79. The van der Waals surface area contributed by atoms with Crippen LogP contribution in [0.3, 0.4) is 0 Å². The van der Waals surface area contributed by atoms with Crippen LogP contribution in [-0.2, 0) is 11.3 Å². The molecule has 0 saturated carbocycles. The second-order valence-corrected chi connectivity index (χ2v) is 8.34. The molecule has 0 radical (unpaired) electrons. The summed E-state index contributed by atoms with van der Waals surface area (Å²) in [5.74, 6) is 3.02. The number of carbonyl (C=O) groups is 1. The molecule has 0 spiro atoms. The van der Waals surface area contributed by atoms with Gasteiger partial charge in [0.05, 0.1) is 26.2 Å². The average Bonchev–Trinajstić information content (AvgIpc) is 3.49. The number of methoxy groups -OCH3 is 1. The maximum atomic E-state index is 12.6. The summed E-state index contributed by atoms with van der Waals surface area (Å²) in [4.78, 5) is 19.0. The van der Waals surface area contributed by atoms with Crippen molar-refractivity contribution in [1.29, 1.82) is 0 Å². The van der Waals surface area contributed by atoms with Crippen LogP contribution in [0.15, 0.2) is 47.0 Å². The minimum absolute atomic E-state index is 0.0788. The minimum Gasteiger partial charge on any atom is -0.494 e. The number of rotatable bonds is 11. The molecule has 34 heavy (non-hydrogen) atoms. The second kappa shape index (κ2) is 11.0. The van der Waals surface area contributed by atoms with Crippen molar-refractivity contribution in [1.82, 2.24) is 15.0 Å². The number of carbonyl (C=O) groups excluding carboxylic acids is 1. The third-order valence-electron chi connectivity index (χ3n) is 5.66. The van der Waals surface area contributed by atoms with Crippen LogP contribution < -0.4 is 14.2 Å². The molecular formula is C26H31N3O5. The fraction of sp³-hybridized carbons (Fsp3) is 0.423. The SMILES string of the molecule is CCCOc1ccc(CN2CC(c3nc(-c4ccc(OCCC)c(OC)c4)no3)CC2=O)cc1. The van der Waals surface area contributed by atoms with Crippen LogP contribution in [0.25, 0.3) is 11.4 Å². The average molecular weight is 466 g/mol. The number of aromatic nitrogens is 2. The van der Waals surface area contributed by atoms with Gasteiger partial charge in [0.1, 0.15) is 5.75 Å². The van der Waals surface area contributed by atoms with Gasteiger partial charge in [0.25, 0.3) is 0 Å². The number of hydrogen-bond donors (Lipinski definition) is 0. The van der Waals surface area contributed by atoms with Gasteiger partial charge in [-0.15, -0.1) is 0 Å². The Balaban J connectivity index is 1.41. The zero-order chi connectivity index (χ0) is 23.9. The topological polar surface area (TPSA) is 86.9 Å². The Morgan fingerprint density at radius 3 is 2.53 bits per heavy atom. The number of amides is 1.